The molecule has 0 aliphatic carbocycles. The van der Waals surface area contributed by atoms with Gasteiger partial charge in [0.15, 0.2) is 0 Å². The van der Waals surface area contributed by atoms with Gasteiger partial charge in [-0.15, -0.1) is 0 Å². The van der Waals surface area contributed by atoms with Gasteiger partial charge in [0.05, 0.1) is 0 Å². The second kappa shape index (κ2) is 8.61. The van der Waals surface area contributed by atoms with Gasteiger partial charge in [-0.1, -0.05) is 29.8 Å². The number of benzene rings is 1. The summed E-state index contributed by atoms with van der Waals surface area (Å²) in [4.78, 5) is 32.8. The molecule has 0 atom stereocenters. The van der Waals surface area contributed by atoms with E-state index in [1.807, 2.05) is 9.80 Å². The van der Waals surface area contributed by atoms with E-state index >= 15 is 0 Å². The zero-order chi connectivity index (χ0) is 18.4. The number of aromatic nitrogens is 1. The molecule has 1 fully saturated rings. The summed E-state index contributed by atoms with van der Waals surface area (Å²) in [5.74, 6) is 0.185. The molecule has 1 aliphatic rings. The lowest BCUT2D eigenvalue weighted by Crippen LogP contribution is -2.37. The molecule has 136 valence electrons. The number of hydrogen-bond acceptors (Lipinski definition) is 3. The van der Waals surface area contributed by atoms with E-state index in [1.165, 1.54) is 11.1 Å². The second-order valence-corrected chi connectivity index (χ2v) is 6.75. The summed E-state index contributed by atoms with van der Waals surface area (Å²) in [6.07, 6.45) is 5.35. The Morgan fingerprint density at radius 3 is 2.31 bits per heavy atom. The van der Waals surface area contributed by atoms with E-state index in [1.54, 1.807) is 24.5 Å². The SMILES string of the molecule is Cc1ccc(CCC(=O)N2CCCN(C(=O)c3ccncc3)CC2)cc1. The number of amides is 2. The standard InChI is InChI=1S/C21H25N3O2/c1-17-3-5-18(6-4-17)7-8-20(25)23-13-2-14-24(16-15-23)21(26)19-9-11-22-12-10-19/h3-6,9-12H,2,7-8,13-16H2,1H3. The maximum Gasteiger partial charge on any atom is 0.254 e. The summed E-state index contributed by atoms with van der Waals surface area (Å²) in [6.45, 7) is 4.64. The van der Waals surface area contributed by atoms with Crippen LogP contribution in [0, 0.1) is 6.92 Å². The molecule has 1 aromatic carbocycles. The predicted molar refractivity (Wildman–Crippen MR) is 101 cm³/mol. The van der Waals surface area contributed by atoms with Crippen molar-refractivity contribution in [2.24, 2.45) is 0 Å². The number of carbonyl (C=O) groups excluding carboxylic acids is 2. The van der Waals surface area contributed by atoms with Crippen LogP contribution in [0.3, 0.4) is 0 Å². The second-order valence-electron chi connectivity index (χ2n) is 6.75. The van der Waals surface area contributed by atoms with Gasteiger partial charge >= 0.3 is 0 Å². The fourth-order valence-electron chi connectivity index (χ4n) is 3.21. The maximum absolute atomic E-state index is 12.6. The molecule has 0 unspecified atom stereocenters. The summed E-state index contributed by atoms with van der Waals surface area (Å²) in [6, 6.07) is 11.8. The Bertz CT molecular complexity index is 744. The van der Waals surface area contributed by atoms with Crippen LogP contribution < -0.4 is 0 Å². The van der Waals surface area contributed by atoms with E-state index < -0.39 is 0 Å². The van der Waals surface area contributed by atoms with Crippen molar-refractivity contribution in [3.63, 3.8) is 0 Å². The molecule has 0 N–H and O–H groups in total. The number of pyridine rings is 1. The molecule has 0 radical (unpaired) electrons. The van der Waals surface area contributed by atoms with Gasteiger partial charge in [0, 0.05) is 50.6 Å². The monoisotopic (exact) mass is 351 g/mol. The molecule has 26 heavy (non-hydrogen) atoms. The largest absolute Gasteiger partial charge is 0.341 e. The van der Waals surface area contributed by atoms with Crippen LogP contribution in [0.1, 0.15) is 34.3 Å². The molecule has 5 nitrogen and oxygen atoms in total. The Kier molecular flexibility index (Phi) is 6.00. The van der Waals surface area contributed by atoms with Crippen molar-refractivity contribution in [1.29, 1.82) is 0 Å². The third kappa shape index (κ3) is 4.69. The molecule has 5 heteroatoms. The number of rotatable bonds is 4. The Morgan fingerprint density at radius 1 is 0.923 bits per heavy atom. The molecule has 0 saturated carbocycles. The lowest BCUT2D eigenvalue weighted by Gasteiger charge is -2.22. The van der Waals surface area contributed by atoms with Crippen molar-refractivity contribution in [2.45, 2.75) is 26.2 Å². The first-order valence-corrected chi connectivity index (χ1v) is 9.16. The normalized spacial score (nSPS) is 14.8. The van der Waals surface area contributed by atoms with Gasteiger partial charge < -0.3 is 9.80 Å². The smallest absolute Gasteiger partial charge is 0.254 e. The number of carbonyl (C=O) groups is 2. The van der Waals surface area contributed by atoms with Crippen LogP contribution in [0.4, 0.5) is 0 Å². The van der Waals surface area contributed by atoms with Crippen LogP contribution in [0.5, 0.6) is 0 Å². The van der Waals surface area contributed by atoms with Gasteiger partial charge in [-0.3, -0.25) is 14.6 Å². The highest BCUT2D eigenvalue weighted by Gasteiger charge is 2.22. The molecule has 1 saturated heterocycles. The molecule has 1 aromatic heterocycles. The molecule has 0 bridgehead atoms. The maximum atomic E-state index is 12.6. The lowest BCUT2D eigenvalue weighted by atomic mass is 10.1. The molecular weight excluding hydrogens is 326 g/mol. The fraction of sp³-hybridized carbons (Fsp3) is 0.381. The van der Waals surface area contributed by atoms with E-state index in [0.717, 1.165) is 12.8 Å². The van der Waals surface area contributed by atoms with Crippen LogP contribution in [0.2, 0.25) is 0 Å². The third-order valence-electron chi connectivity index (χ3n) is 4.81. The van der Waals surface area contributed by atoms with Crippen LogP contribution in [-0.4, -0.2) is 52.8 Å². The highest BCUT2D eigenvalue weighted by molar-refractivity contribution is 5.94. The fourth-order valence-corrected chi connectivity index (χ4v) is 3.21. The van der Waals surface area contributed by atoms with Gasteiger partial charge in [-0.05, 0) is 37.5 Å². The first-order valence-electron chi connectivity index (χ1n) is 9.16. The molecular formula is C21H25N3O2. The van der Waals surface area contributed by atoms with Crippen molar-refractivity contribution in [3.8, 4) is 0 Å². The minimum atomic E-state index is 0.0151. The third-order valence-corrected chi connectivity index (χ3v) is 4.81. The van der Waals surface area contributed by atoms with Gasteiger partial charge in [0.25, 0.3) is 5.91 Å². The van der Waals surface area contributed by atoms with Gasteiger partial charge in [0.1, 0.15) is 0 Å². The molecule has 0 spiro atoms. The summed E-state index contributed by atoms with van der Waals surface area (Å²) in [7, 11) is 0. The van der Waals surface area contributed by atoms with Crippen LogP contribution in [0.15, 0.2) is 48.8 Å². The van der Waals surface area contributed by atoms with Crippen molar-refractivity contribution in [3.05, 3.63) is 65.5 Å². The molecule has 2 amide bonds. The Hall–Kier alpha value is -2.69. The Balaban J connectivity index is 1.52. The molecule has 2 aromatic rings. The minimum Gasteiger partial charge on any atom is -0.341 e. The molecule has 2 heterocycles. The topological polar surface area (TPSA) is 53.5 Å². The van der Waals surface area contributed by atoms with E-state index in [-0.39, 0.29) is 11.8 Å². The highest BCUT2D eigenvalue weighted by atomic mass is 16.2. The highest BCUT2D eigenvalue weighted by Crippen LogP contribution is 2.11. The zero-order valence-corrected chi connectivity index (χ0v) is 15.2. The van der Waals surface area contributed by atoms with Gasteiger partial charge in [-0.25, -0.2) is 0 Å². The average Bonchev–Trinajstić information content (AvgIpc) is 2.94. The van der Waals surface area contributed by atoms with Crippen molar-refractivity contribution in [1.82, 2.24) is 14.8 Å². The van der Waals surface area contributed by atoms with E-state index in [2.05, 4.69) is 36.2 Å². The molecule has 3 rings (SSSR count). The Labute approximate surface area is 154 Å². The quantitative estimate of drug-likeness (QED) is 0.851. The van der Waals surface area contributed by atoms with Crippen molar-refractivity contribution in [2.75, 3.05) is 26.2 Å². The minimum absolute atomic E-state index is 0.0151. The molecule has 1 aliphatic heterocycles. The van der Waals surface area contributed by atoms with Crippen molar-refractivity contribution >= 4 is 11.8 Å². The number of aryl methyl sites for hydroxylation is 2. The number of hydrogen-bond donors (Lipinski definition) is 0. The first kappa shape index (κ1) is 18.1. The summed E-state index contributed by atoms with van der Waals surface area (Å²) in [5, 5.41) is 0. The van der Waals surface area contributed by atoms with E-state index in [9.17, 15) is 9.59 Å². The van der Waals surface area contributed by atoms with Gasteiger partial charge in [0.2, 0.25) is 5.91 Å². The van der Waals surface area contributed by atoms with Gasteiger partial charge in [-0.2, -0.15) is 0 Å². The van der Waals surface area contributed by atoms with Crippen LogP contribution in [-0.2, 0) is 11.2 Å². The van der Waals surface area contributed by atoms with Crippen LogP contribution in [0.25, 0.3) is 0 Å². The lowest BCUT2D eigenvalue weighted by molar-refractivity contribution is -0.131. The number of nitrogens with zero attached hydrogens (tertiary/aromatic N) is 3. The first-order chi connectivity index (χ1) is 12.6. The van der Waals surface area contributed by atoms with E-state index in [0.29, 0.717) is 38.2 Å². The zero-order valence-electron chi connectivity index (χ0n) is 15.2. The predicted octanol–water partition coefficient (Wildman–Crippen LogP) is 2.70. The van der Waals surface area contributed by atoms with Crippen LogP contribution >= 0.6 is 0 Å². The summed E-state index contributed by atoms with van der Waals surface area (Å²) >= 11 is 0. The van der Waals surface area contributed by atoms with Crippen molar-refractivity contribution < 1.29 is 9.59 Å². The Morgan fingerprint density at radius 2 is 1.58 bits per heavy atom. The van der Waals surface area contributed by atoms with E-state index in [4.69, 9.17) is 0 Å². The summed E-state index contributed by atoms with van der Waals surface area (Å²) in [5.41, 5.74) is 3.07. The summed E-state index contributed by atoms with van der Waals surface area (Å²) < 4.78 is 0. The average molecular weight is 351 g/mol.